The third-order valence-corrected chi connectivity index (χ3v) is 5.91. The van der Waals surface area contributed by atoms with Gasteiger partial charge in [0, 0.05) is 10.8 Å². The van der Waals surface area contributed by atoms with E-state index < -0.39 is 58.7 Å². The molecule has 50 heavy (non-hydrogen) atoms. The minimum Gasteiger partial charge on any atom is -0.443 e. The lowest BCUT2D eigenvalue weighted by Crippen LogP contribution is -2.45. The molecule has 3 aromatic rings. The largest absolute Gasteiger partial charge is 0.443 e. The van der Waals surface area contributed by atoms with Crippen LogP contribution in [-0.4, -0.2) is 63.7 Å². The highest BCUT2D eigenvalue weighted by Crippen LogP contribution is 2.29. The first-order chi connectivity index (χ1) is 22.7. The second-order valence-corrected chi connectivity index (χ2v) is 15.3. The summed E-state index contributed by atoms with van der Waals surface area (Å²) in [5.74, 6) is -0.965. The summed E-state index contributed by atoms with van der Waals surface area (Å²) in [5.41, 5.74) is 10.1. The van der Waals surface area contributed by atoms with E-state index in [-0.39, 0.29) is 11.4 Å². The van der Waals surface area contributed by atoms with Crippen LogP contribution in [0.25, 0.3) is 21.8 Å². The first-order valence-electron chi connectivity index (χ1n) is 15.8. The van der Waals surface area contributed by atoms with Gasteiger partial charge in [-0.25, -0.2) is 34.0 Å². The number of rotatable bonds is 2. The van der Waals surface area contributed by atoms with Gasteiger partial charge in [0.25, 0.3) is 0 Å². The second-order valence-electron chi connectivity index (χ2n) is 15.3. The van der Waals surface area contributed by atoms with Gasteiger partial charge >= 0.3 is 24.4 Å². The lowest BCUT2D eigenvalue weighted by molar-refractivity contribution is 0.0577. The molecule has 15 heteroatoms. The van der Waals surface area contributed by atoms with Crippen molar-refractivity contribution in [3.63, 3.8) is 0 Å². The highest BCUT2D eigenvalue weighted by Gasteiger charge is 2.30. The smallest absolute Gasteiger partial charge is 0.437 e. The predicted molar refractivity (Wildman–Crippen MR) is 192 cm³/mol. The standard InChI is InChI=1S/C35H47N7O8/c1-32(2,3)47-28(43)39-26(36)41(30(45)49-34(7,8)9)22-15-13-20-17-21-14-16-23(19-25(21)38-24(20)18-22)42(31(46)50-35(10,11)12)27(37)40-29(44)48-33(4,5)6/h13-19H,1-12H3,(H2,36,39,43)(H2,37,40,44). The van der Waals surface area contributed by atoms with E-state index >= 15 is 0 Å². The van der Waals surface area contributed by atoms with Crippen LogP contribution in [0, 0.1) is 0 Å². The Hall–Kier alpha value is -5.47. The molecule has 3 rings (SSSR count). The van der Waals surface area contributed by atoms with Crippen molar-refractivity contribution in [2.75, 3.05) is 9.80 Å². The molecule has 0 aliphatic rings. The van der Waals surface area contributed by atoms with Crippen LogP contribution in [0.3, 0.4) is 0 Å². The van der Waals surface area contributed by atoms with Crippen LogP contribution in [0.15, 0.2) is 52.4 Å². The van der Waals surface area contributed by atoms with E-state index in [0.717, 1.165) is 9.80 Å². The van der Waals surface area contributed by atoms with Crippen molar-refractivity contribution in [2.24, 2.45) is 21.5 Å². The molecule has 4 N–H and O–H groups in total. The van der Waals surface area contributed by atoms with E-state index in [0.29, 0.717) is 21.8 Å². The Morgan fingerprint density at radius 1 is 0.540 bits per heavy atom. The normalized spacial score (nSPS) is 13.1. The fourth-order valence-corrected chi connectivity index (χ4v) is 4.21. The van der Waals surface area contributed by atoms with E-state index in [1.807, 2.05) is 6.07 Å². The third-order valence-electron chi connectivity index (χ3n) is 5.91. The molecular weight excluding hydrogens is 646 g/mol. The highest BCUT2D eigenvalue weighted by atomic mass is 16.6. The van der Waals surface area contributed by atoms with E-state index in [1.165, 1.54) is 0 Å². The van der Waals surface area contributed by atoms with E-state index in [2.05, 4.69) is 9.98 Å². The number of ether oxygens (including phenoxy) is 4. The van der Waals surface area contributed by atoms with Crippen LogP contribution in [0.4, 0.5) is 30.6 Å². The number of pyridine rings is 1. The third kappa shape index (κ3) is 11.3. The van der Waals surface area contributed by atoms with Gasteiger partial charge in [0.2, 0.25) is 11.9 Å². The van der Waals surface area contributed by atoms with Crippen LogP contribution in [0.2, 0.25) is 0 Å². The zero-order valence-electron chi connectivity index (χ0n) is 30.7. The Morgan fingerprint density at radius 2 is 0.860 bits per heavy atom. The quantitative estimate of drug-likeness (QED) is 0.117. The average molecular weight is 694 g/mol. The predicted octanol–water partition coefficient (Wildman–Crippen LogP) is 7.37. The van der Waals surface area contributed by atoms with Gasteiger partial charge in [-0.1, -0.05) is 12.1 Å². The number of anilines is 2. The summed E-state index contributed by atoms with van der Waals surface area (Å²) in [6.07, 6.45) is -3.77. The van der Waals surface area contributed by atoms with Gasteiger partial charge in [0.05, 0.1) is 22.4 Å². The van der Waals surface area contributed by atoms with Crippen molar-refractivity contribution < 1.29 is 38.1 Å². The zero-order chi connectivity index (χ0) is 38.0. The number of nitrogens with two attached hydrogens (primary N) is 2. The first kappa shape index (κ1) is 39.0. The number of benzene rings is 2. The van der Waals surface area contributed by atoms with E-state index in [9.17, 15) is 19.2 Å². The van der Waals surface area contributed by atoms with Gasteiger partial charge in [-0.15, -0.1) is 9.98 Å². The van der Waals surface area contributed by atoms with Crippen LogP contribution < -0.4 is 21.3 Å². The molecule has 0 bridgehead atoms. The second kappa shape index (κ2) is 14.2. The SMILES string of the molecule is CC(C)(C)OC(=O)N=C(N)N(C(=O)OC(C)(C)C)c1ccc2cc3ccc(N(C(=O)OC(C)(C)C)C(N)=NC(=O)OC(C)(C)C)cc3nc2c1. The van der Waals surface area contributed by atoms with Gasteiger partial charge < -0.3 is 30.4 Å². The molecule has 1 heterocycles. The molecule has 0 atom stereocenters. The number of nitrogens with zero attached hydrogens (tertiary/aromatic N) is 5. The maximum absolute atomic E-state index is 13.4. The number of aromatic nitrogens is 1. The zero-order valence-corrected chi connectivity index (χ0v) is 30.7. The molecule has 0 spiro atoms. The van der Waals surface area contributed by atoms with Crippen LogP contribution in [-0.2, 0) is 18.9 Å². The summed E-state index contributed by atoms with van der Waals surface area (Å²) in [6, 6.07) is 11.6. The van der Waals surface area contributed by atoms with Gasteiger partial charge in [0.15, 0.2) is 0 Å². The molecule has 0 fully saturated rings. The number of amides is 4. The van der Waals surface area contributed by atoms with Crippen molar-refractivity contribution in [3.8, 4) is 0 Å². The van der Waals surface area contributed by atoms with Gasteiger partial charge in [-0.2, -0.15) is 0 Å². The lowest BCUT2D eigenvalue weighted by Gasteiger charge is -2.27. The lowest BCUT2D eigenvalue weighted by atomic mass is 10.1. The van der Waals surface area contributed by atoms with Crippen molar-refractivity contribution in [2.45, 2.75) is 105 Å². The summed E-state index contributed by atoms with van der Waals surface area (Å²) < 4.78 is 21.6. The van der Waals surface area contributed by atoms with Crippen molar-refractivity contribution in [1.29, 1.82) is 0 Å². The molecule has 0 radical (unpaired) electrons. The fraction of sp³-hybridized carbons (Fsp3) is 0.457. The summed E-state index contributed by atoms with van der Waals surface area (Å²) in [5, 5.41) is 1.38. The molecule has 270 valence electrons. The number of fused-ring (bicyclic) bond motifs is 2. The molecule has 1 aromatic heterocycles. The number of aliphatic imine (C=N–C) groups is 2. The van der Waals surface area contributed by atoms with Gasteiger partial charge in [-0.3, -0.25) is 0 Å². The molecule has 15 nitrogen and oxygen atoms in total. The van der Waals surface area contributed by atoms with Gasteiger partial charge in [0.1, 0.15) is 22.4 Å². The van der Waals surface area contributed by atoms with Crippen molar-refractivity contribution in [3.05, 3.63) is 42.5 Å². The topological polar surface area (TPSA) is 201 Å². The number of carbonyl (C=O) groups is 4. The van der Waals surface area contributed by atoms with Crippen molar-refractivity contribution in [1.82, 2.24) is 4.98 Å². The molecule has 0 aliphatic heterocycles. The highest BCUT2D eigenvalue weighted by molar-refractivity contribution is 6.17. The molecule has 4 amide bonds. The maximum atomic E-state index is 13.4. The number of hydrogen-bond donors (Lipinski definition) is 2. The Kier molecular flexibility index (Phi) is 11.0. The number of carbonyl (C=O) groups excluding carboxylic acids is 4. The summed E-state index contributed by atoms with van der Waals surface area (Å²) in [7, 11) is 0. The monoisotopic (exact) mass is 693 g/mol. The average Bonchev–Trinajstić information content (AvgIpc) is 2.87. The van der Waals surface area contributed by atoms with Crippen molar-refractivity contribution >= 4 is 69.5 Å². The molecule has 0 saturated heterocycles. The number of guanidine groups is 2. The Bertz CT molecular complexity index is 1730. The van der Waals surface area contributed by atoms with Gasteiger partial charge in [-0.05, 0) is 113 Å². The minimum atomic E-state index is -0.995. The number of hydrogen-bond acceptors (Lipinski definition) is 9. The first-order valence-corrected chi connectivity index (χ1v) is 15.8. The molecular formula is C35H47N7O8. The molecule has 0 aliphatic carbocycles. The maximum Gasteiger partial charge on any atom is 0.437 e. The van der Waals surface area contributed by atoms with Crippen LogP contribution in [0.1, 0.15) is 83.1 Å². The Labute approximate surface area is 291 Å². The van der Waals surface area contributed by atoms with E-state index in [4.69, 9.17) is 35.4 Å². The molecule has 0 saturated carbocycles. The minimum absolute atomic E-state index is 0.198. The molecule has 2 aromatic carbocycles. The molecule has 0 unspecified atom stereocenters. The van der Waals surface area contributed by atoms with Crippen LogP contribution >= 0.6 is 0 Å². The summed E-state index contributed by atoms with van der Waals surface area (Å²) >= 11 is 0. The van der Waals surface area contributed by atoms with Crippen LogP contribution in [0.5, 0.6) is 0 Å². The van der Waals surface area contributed by atoms with E-state index in [1.54, 1.807) is 119 Å². The summed E-state index contributed by atoms with van der Waals surface area (Å²) in [6.45, 7) is 20.1. The Morgan fingerprint density at radius 3 is 1.16 bits per heavy atom. The summed E-state index contributed by atoms with van der Waals surface area (Å²) in [4.78, 5) is 66.0. The Balaban J connectivity index is 2.17. The fourth-order valence-electron chi connectivity index (χ4n) is 4.21.